The topological polar surface area (TPSA) is 83.6 Å². The molecule has 0 unspecified atom stereocenters. The van der Waals surface area contributed by atoms with Crippen molar-refractivity contribution in [3.05, 3.63) is 29.8 Å². The minimum atomic E-state index is -3.30. The molecule has 1 aromatic rings. The second-order valence-electron chi connectivity index (χ2n) is 4.74. The van der Waals surface area contributed by atoms with Gasteiger partial charge in [0, 0.05) is 19.6 Å². The van der Waals surface area contributed by atoms with Gasteiger partial charge in [0.05, 0.1) is 17.3 Å². The lowest BCUT2D eigenvalue weighted by molar-refractivity contribution is 0.203. The molecule has 1 aromatic carbocycles. The first-order chi connectivity index (χ1) is 9.53. The van der Waals surface area contributed by atoms with Crippen molar-refractivity contribution >= 4 is 9.84 Å². The van der Waals surface area contributed by atoms with Crippen molar-refractivity contribution in [2.45, 2.75) is 24.8 Å². The van der Waals surface area contributed by atoms with Gasteiger partial charge < -0.3 is 15.7 Å². The van der Waals surface area contributed by atoms with Crippen molar-refractivity contribution in [1.29, 1.82) is 0 Å². The van der Waals surface area contributed by atoms with Gasteiger partial charge >= 0.3 is 0 Å². The molecule has 0 saturated heterocycles. The summed E-state index contributed by atoms with van der Waals surface area (Å²) in [4.78, 5) is 2.28. The number of nitrogens with two attached hydrogens (primary N) is 1. The van der Waals surface area contributed by atoms with Crippen LogP contribution in [0.4, 0.5) is 0 Å². The highest BCUT2D eigenvalue weighted by Crippen LogP contribution is 2.13. The van der Waals surface area contributed by atoms with Crippen LogP contribution < -0.4 is 5.73 Å². The summed E-state index contributed by atoms with van der Waals surface area (Å²) in [5, 5.41) is 8.97. The minimum Gasteiger partial charge on any atom is -0.395 e. The monoisotopic (exact) mass is 300 g/mol. The van der Waals surface area contributed by atoms with Crippen LogP contribution in [0.2, 0.25) is 0 Å². The van der Waals surface area contributed by atoms with Crippen LogP contribution in [-0.2, 0) is 16.4 Å². The Morgan fingerprint density at radius 3 is 2.60 bits per heavy atom. The third-order valence-corrected chi connectivity index (χ3v) is 4.82. The van der Waals surface area contributed by atoms with Crippen LogP contribution in [-0.4, -0.2) is 50.4 Å². The van der Waals surface area contributed by atoms with Crippen LogP contribution in [0, 0.1) is 0 Å². The van der Waals surface area contributed by atoms with Crippen molar-refractivity contribution in [2.24, 2.45) is 5.73 Å². The lowest BCUT2D eigenvalue weighted by Gasteiger charge is -2.20. The maximum Gasteiger partial charge on any atom is 0.179 e. The summed E-state index contributed by atoms with van der Waals surface area (Å²) >= 11 is 0. The predicted octanol–water partition coefficient (Wildman–Crippen LogP) is 0.623. The molecule has 6 heteroatoms. The summed E-state index contributed by atoms with van der Waals surface area (Å²) in [7, 11) is -3.30. The summed E-state index contributed by atoms with van der Waals surface area (Å²) in [5.74, 6) is 0.0566. The van der Waals surface area contributed by atoms with Gasteiger partial charge in [-0.2, -0.15) is 0 Å². The van der Waals surface area contributed by atoms with Gasteiger partial charge in [0.25, 0.3) is 0 Å². The van der Waals surface area contributed by atoms with Gasteiger partial charge in [-0.25, -0.2) is 8.42 Å². The maximum atomic E-state index is 12.3. The summed E-state index contributed by atoms with van der Waals surface area (Å²) in [6.45, 7) is 4.14. The highest BCUT2D eigenvalue weighted by atomic mass is 32.2. The van der Waals surface area contributed by atoms with Crippen molar-refractivity contribution < 1.29 is 13.5 Å². The van der Waals surface area contributed by atoms with E-state index in [1.54, 1.807) is 18.2 Å². The lowest BCUT2D eigenvalue weighted by Crippen LogP contribution is -2.32. The van der Waals surface area contributed by atoms with Gasteiger partial charge in [-0.1, -0.05) is 19.1 Å². The normalized spacial score (nSPS) is 12.0. The Hall–Kier alpha value is -0.950. The molecule has 3 N–H and O–H groups in total. The zero-order chi connectivity index (χ0) is 15.0. The molecule has 5 nitrogen and oxygen atoms in total. The van der Waals surface area contributed by atoms with Gasteiger partial charge in [0.15, 0.2) is 9.84 Å². The number of benzene rings is 1. The van der Waals surface area contributed by atoms with E-state index in [4.69, 9.17) is 10.8 Å². The van der Waals surface area contributed by atoms with Crippen LogP contribution in [0.5, 0.6) is 0 Å². The van der Waals surface area contributed by atoms with E-state index in [0.717, 1.165) is 18.5 Å². The highest BCUT2D eigenvalue weighted by molar-refractivity contribution is 7.91. The highest BCUT2D eigenvalue weighted by Gasteiger charge is 2.16. The first kappa shape index (κ1) is 17.1. The van der Waals surface area contributed by atoms with Gasteiger partial charge in [-0.05, 0) is 30.7 Å². The molecule has 0 atom stereocenters. The lowest BCUT2D eigenvalue weighted by atomic mass is 10.2. The first-order valence-electron chi connectivity index (χ1n) is 6.88. The number of sulfone groups is 1. The fourth-order valence-corrected chi connectivity index (χ4v) is 3.38. The Balaban J connectivity index is 2.73. The molecule has 0 bridgehead atoms. The average molecular weight is 300 g/mol. The number of aliphatic hydroxyl groups is 1. The van der Waals surface area contributed by atoms with E-state index in [-0.39, 0.29) is 12.4 Å². The molecule has 0 aliphatic rings. The summed E-state index contributed by atoms with van der Waals surface area (Å²) < 4.78 is 24.6. The molecule has 0 fully saturated rings. The number of hydrogen-bond acceptors (Lipinski definition) is 5. The van der Waals surface area contributed by atoms with Gasteiger partial charge in [-0.15, -0.1) is 0 Å². The van der Waals surface area contributed by atoms with E-state index in [0.29, 0.717) is 24.5 Å². The van der Waals surface area contributed by atoms with Crippen molar-refractivity contribution in [3.63, 3.8) is 0 Å². The Bertz CT molecular complexity index is 497. The molecule has 0 spiro atoms. The first-order valence-corrected chi connectivity index (χ1v) is 8.53. The molecule has 0 heterocycles. The molecule has 114 valence electrons. The Morgan fingerprint density at radius 1 is 1.25 bits per heavy atom. The number of rotatable bonds is 9. The van der Waals surface area contributed by atoms with Crippen LogP contribution in [0.15, 0.2) is 29.2 Å². The molecule has 0 aliphatic carbocycles. The summed E-state index contributed by atoms with van der Waals surface area (Å²) in [6.07, 6.45) is 0.933. The quantitative estimate of drug-likeness (QED) is 0.698. The van der Waals surface area contributed by atoms with Crippen molar-refractivity contribution in [3.8, 4) is 0 Å². The van der Waals surface area contributed by atoms with E-state index < -0.39 is 9.84 Å². The minimum absolute atomic E-state index is 0.0444. The Morgan fingerprint density at radius 2 is 2.00 bits per heavy atom. The van der Waals surface area contributed by atoms with Crippen molar-refractivity contribution in [1.82, 2.24) is 4.90 Å². The van der Waals surface area contributed by atoms with Crippen LogP contribution in [0.25, 0.3) is 0 Å². The second-order valence-corrected chi connectivity index (χ2v) is 6.84. The van der Waals surface area contributed by atoms with Gasteiger partial charge in [0.1, 0.15) is 0 Å². The van der Waals surface area contributed by atoms with Crippen LogP contribution in [0.3, 0.4) is 0 Å². The van der Waals surface area contributed by atoms with E-state index in [1.807, 2.05) is 17.9 Å². The van der Waals surface area contributed by atoms with Crippen LogP contribution >= 0.6 is 0 Å². The number of nitrogens with zero attached hydrogens (tertiary/aromatic N) is 1. The molecular weight excluding hydrogens is 276 g/mol. The second kappa shape index (κ2) is 8.36. The third kappa shape index (κ3) is 5.20. The van der Waals surface area contributed by atoms with Crippen LogP contribution in [0.1, 0.15) is 18.9 Å². The predicted molar refractivity (Wildman–Crippen MR) is 80.2 cm³/mol. The fourth-order valence-electron chi connectivity index (χ4n) is 2.03. The zero-order valence-corrected chi connectivity index (χ0v) is 12.8. The molecule has 0 aromatic heterocycles. The largest absolute Gasteiger partial charge is 0.395 e. The molecule has 0 amide bonds. The van der Waals surface area contributed by atoms with E-state index in [2.05, 4.69) is 0 Å². The maximum absolute atomic E-state index is 12.3. The molecule has 0 radical (unpaired) electrons. The van der Waals surface area contributed by atoms with E-state index >= 15 is 0 Å². The average Bonchev–Trinajstić information content (AvgIpc) is 2.45. The molecule has 0 saturated carbocycles. The smallest absolute Gasteiger partial charge is 0.179 e. The van der Waals surface area contributed by atoms with Gasteiger partial charge in [-0.3, -0.25) is 0 Å². The number of hydrogen-bond donors (Lipinski definition) is 2. The SMILES string of the molecule is CCCN(CCO)CCS(=O)(=O)c1cccc(CN)c1. The molecule has 20 heavy (non-hydrogen) atoms. The fraction of sp³-hybridized carbons (Fsp3) is 0.571. The molecule has 0 aliphatic heterocycles. The summed E-state index contributed by atoms with van der Waals surface area (Å²) in [6, 6.07) is 6.76. The van der Waals surface area contributed by atoms with E-state index in [9.17, 15) is 8.42 Å². The summed E-state index contributed by atoms with van der Waals surface area (Å²) in [5.41, 5.74) is 6.34. The Labute approximate surface area is 121 Å². The molecule has 1 rings (SSSR count). The zero-order valence-electron chi connectivity index (χ0n) is 12.0. The molecular formula is C14H24N2O3S. The Kier molecular flexibility index (Phi) is 7.15. The third-order valence-electron chi connectivity index (χ3n) is 3.13. The number of aliphatic hydroxyl groups excluding tert-OH is 1. The van der Waals surface area contributed by atoms with E-state index in [1.165, 1.54) is 0 Å². The standard InChI is InChI=1S/C14H24N2O3S/c1-2-6-16(7-9-17)8-10-20(18,19)14-5-3-4-13(11-14)12-15/h3-5,11,17H,2,6-10,12,15H2,1H3. The van der Waals surface area contributed by atoms with Gasteiger partial charge in [0.2, 0.25) is 0 Å². The van der Waals surface area contributed by atoms with Crippen molar-refractivity contribution in [2.75, 3.05) is 32.0 Å².